The van der Waals surface area contributed by atoms with Crippen molar-refractivity contribution in [3.05, 3.63) is 71.3 Å². The van der Waals surface area contributed by atoms with E-state index < -0.39 is 0 Å². The minimum absolute atomic E-state index is 0.772. The molecule has 0 atom stereocenters. The molecule has 0 aromatic heterocycles. The number of hydrogen-bond acceptors (Lipinski definition) is 0. The summed E-state index contributed by atoms with van der Waals surface area (Å²) < 4.78 is 0. The lowest BCUT2D eigenvalue weighted by Crippen LogP contribution is -1.85. The summed E-state index contributed by atoms with van der Waals surface area (Å²) in [5.74, 6) is 0. The van der Waals surface area contributed by atoms with Gasteiger partial charge in [0.25, 0.3) is 0 Å². The molecule has 0 unspecified atom stereocenters. The van der Waals surface area contributed by atoms with Gasteiger partial charge >= 0.3 is 0 Å². The molecule has 78 valence electrons. The maximum atomic E-state index is 5.81. The molecular weight excluding hydrogens is 204 g/mol. The molecule has 1 rings (SSSR count). The van der Waals surface area contributed by atoms with E-state index in [4.69, 9.17) is 11.6 Å². The van der Waals surface area contributed by atoms with Crippen LogP contribution in [0.25, 0.3) is 0 Å². The van der Waals surface area contributed by atoms with Crippen LogP contribution in [0.3, 0.4) is 0 Å². The van der Waals surface area contributed by atoms with E-state index >= 15 is 0 Å². The SMILES string of the molecule is C=C(/C=C\C=C/C)Cc1ccc(Cl)cc1. The summed E-state index contributed by atoms with van der Waals surface area (Å²) in [5.41, 5.74) is 2.32. The Hall–Kier alpha value is -1.27. The smallest absolute Gasteiger partial charge is 0.0406 e. The van der Waals surface area contributed by atoms with E-state index in [2.05, 4.69) is 6.58 Å². The van der Waals surface area contributed by atoms with Crippen molar-refractivity contribution in [3.8, 4) is 0 Å². The van der Waals surface area contributed by atoms with E-state index in [9.17, 15) is 0 Å². The average Bonchev–Trinajstić information content (AvgIpc) is 2.22. The minimum atomic E-state index is 0.772. The van der Waals surface area contributed by atoms with Crippen LogP contribution in [0, 0.1) is 0 Å². The van der Waals surface area contributed by atoms with E-state index in [1.807, 2.05) is 55.5 Å². The highest BCUT2D eigenvalue weighted by molar-refractivity contribution is 6.30. The van der Waals surface area contributed by atoms with Crippen LogP contribution in [0.5, 0.6) is 0 Å². The van der Waals surface area contributed by atoms with Crippen molar-refractivity contribution in [2.45, 2.75) is 13.3 Å². The van der Waals surface area contributed by atoms with E-state index in [0.29, 0.717) is 0 Å². The lowest BCUT2D eigenvalue weighted by atomic mass is 10.1. The van der Waals surface area contributed by atoms with E-state index in [0.717, 1.165) is 17.0 Å². The van der Waals surface area contributed by atoms with Crippen LogP contribution >= 0.6 is 11.6 Å². The molecule has 0 fully saturated rings. The molecule has 0 heterocycles. The molecule has 0 saturated carbocycles. The molecule has 0 spiro atoms. The molecule has 0 bridgehead atoms. The summed E-state index contributed by atoms with van der Waals surface area (Å²) in [6, 6.07) is 7.85. The first-order chi connectivity index (χ1) is 7.22. The second-order valence-corrected chi connectivity index (χ2v) is 3.78. The third-order valence-electron chi connectivity index (χ3n) is 1.98. The quantitative estimate of drug-likeness (QED) is 0.650. The summed E-state index contributed by atoms with van der Waals surface area (Å²) in [5, 5.41) is 0.772. The summed E-state index contributed by atoms with van der Waals surface area (Å²) in [6.45, 7) is 5.98. The maximum Gasteiger partial charge on any atom is 0.0406 e. The van der Waals surface area contributed by atoms with Crippen molar-refractivity contribution in [1.29, 1.82) is 0 Å². The molecule has 1 aromatic carbocycles. The fraction of sp³-hybridized carbons (Fsp3) is 0.143. The molecule has 1 aromatic rings. The summed E-state index contributed by atoms with van der Waals surface area (Å²) >= 11 is 5.81. The van der Waals surface area contributed by atoms with Gasteiger partial charge in [-0.25, -0.2) is 0 Å². The lowest BCUT2D eigenvalue weighted by molar-refractivity contribution is 1.21. The monoisotopic (exact) mass is 218 g/mol. The van der Waals surface area contributed by atoms with E-state index in [-0.39, 0.29) is 0 Å². The average molecular weight is 219 g/mol. The number of halogens is 1. The summed E-state index contributed by atoms with van der Waals surface area (Å²) in [7, 11) is 0. The molecule has 15 heavy (non-hydrogen) atoms. The van der Waals surface area contributed by atoms with Crippen LogP contribution in [-0.2, 0) is 6.42 Å². The highest BCUT2D eigenvalue weighted by Gasteiger charge is 1.94. The fourth-order valence-corrected chi connectivity index (χ4v) is 1.35. The summed E-state index contributed by atoms with van der Waals surface area (Å²) in [4.78, 5) is 0. The van der Waals surface area contributed by atoms with Gasteiger partial charge in [0.15, 0.2) is 0 Å². The second-order valence-electron chi connectivity index (χ2n) is 3.35. The predicted octanol–water partition coefficient (Wildman–Crippen LogP) is 4.57. The first-order valence-corrected chi connectivity index (χ1v) is 5.31. The van der Waals surface area contributed by atoms with Crippen LogP contribution in [-0.4, -0.2) is 0 Å². The Labute approximate surface area is 96.6 Å². The fourth-order valence-electron chi connectivity index (χ4n) is 1.23. The van der Waals surface area contributed by atoms with Gasteiger partial charge in [-0.15, -0.1) is 0 Å². The Morgan fingerprint density at radius 2 is 1.93 bits per heavy atom. The van der Waals surface area contributed by atoms with Crippen molar-refractivity contribution < 1.29 is 0 Å². The van der Waals surface area contributed by atoms with E-state index in [1.54, 1.807) is 0 Å². The van der Waals surface area contributed by atoms with Gasteiger partial charge < -0.3 is 0 Å². The van der Waals surface area contributed by atoms with E-state index in [1.165, 1.54) is 5.56 Å². The van der Waals surface area contributed by atoms with Crippen LogP contribution in [0.1, 0.15) is 12.5 Å². The van der Waals surface area contributed by atoms with Gasteiger partial charge in [0.05, 0.1) is 0 Å². The third kappa shape index (κ3) is 4.66. The normalized spacial score (nSPS) is 11.3. The standard InChI is InChI=1S/C14H15Cl/c1-3-4-5-6-12(2)11-13-7-9-14(15)10-8-13/h3-10H,2,11H2,1H3/b4-3-,6-5-. The third-order valence-corrected chi connectivity index (χ3v) is 2.23. The van der Waals surface area contributed by atoms with Crippen molar-refractivity contribution in [2.75, 3.05) is 0 Å². The highest BCUT2D eigenvalue weighted by atomic mass is 35.5. The summed E-state index contributed by atoms with van der Waals surface area (Å²) in [6.07, 6.45) is 8.87. The maximum absolute atomic E-state index is 5.81. The molecule has 0 aliphatic carbocycles. The molecule has 1 heteroatoms. The minimum Gasteiger partial charge on any atom is -0.0955 e. The largest absolute Gasteiger partial charge is 0.0955 e. The van der Waals surface area contributed by atoms with Crippen molar-refractivity contribution in [2.24, 2.45) is 0 Å². The molecule has 0 aliphatic rings. The van der Waals surface area contributed by atoms with Gasteiger partial charge in [-0.1, -0.05) is 60.2 Å². The lowest BCUT2D eigenvalue weighted by Gasteiger charge is -2.00. The first kappa shape index (κ1) is 11.8. The zero-order chi connectivity index (χ0) is 11.1. The molecule has 0 nitrogen and oxygen atoms in total. The second kappa shape index (κ2) is 6.26. The molecule has 0 N–H and O–H groups in total. The van der Waals surface area contributed by atoms with Crippen LogP contribution in [0.2, 0.25) is 5.02 Å². The number of hydrogen-bond donors (Lipinski definition) is 0. The predicted molar refractivity (Wildman–Crippen MR) is 68.3 cm³/mol. The molecule has 0 amide bonds. The van der Waals surface area contributed by atoms with Gasteiger partial charge in [-0.2, -0.15) is 0 Å². The number of benzene rings is 1. The zero-order valence-electron chi connectivity index (χ0n) is 8.91. The van der Waals surface area contributed by atoms with Gasteiger partial charge in [0.2, 0.25) is 0 Å². The van der Waals surface area contributed by atoms with Crippen molar-refractivity contribution in [3.63, 3.8) is 0 Å². The zero-order valence-corrected chi connectivity index (χ0v) is 9.67. The topological polar surface area (TPSA) is 0 Å². The van der Waals surface area contributed by atoms with Gasteiger partial charge in [0, 0.05) is 5.02 Å². The highest BCUT2D eigenvalue weighted by Crippen LogP contribution is 2.12. The van der Waals surface area contributed by atoms with Crippen molar-refractivity contribution in [1.82, 2.24) is 0 Å². The van der Waals surface area contributed by atoms with Gasteiger partial charge in [0.1, 0.15) is 0 Å². The molecule has 0 radical (unpaired) electrons. The van der Waals surface area contributed by atoms with Crippen LogP contribution in [0.15, 0.2) is 60.7 Å². The molecule has 0 aliphatic heterocycles. The Morgan fingerprint density at radius 3 is 2.53 bits per heavy atom. The Bertz CT molecular complexity index is 369. The Balaban J connectivity index is 2.55. The van der Waals surface area contributed by atoms with Crippen LogP contribution in [0.4, 0.5) is 0 Å². The number of allylic oxidation sites excluding steroid dienone is 5. The molecular formula is C14H15Cl. The molecule has 0 saturated heterocycles. The number of rotatable bonds is 4. The van der Waals surface area contributed by atoms with Gasteiger partial charge in [-0.05, 0) is 31.0 Å². The van der Waals surface area contributed by atoms with Crippen molar-refractivity contribution >= 4 is 11.6 Å². The Morgan fingerprint density at radius 1 is 1.27 bits per heavy atom. The van der Waals surface area contributed by atoms with Crippen LogP contribution < -0.4 is 0 Å². The first-order valence-electron chi connectivity index (χ1n) is 4.94. The van der Waals surface area contributed by atoms with Gasteiger partial charge in [-0.3, -0.25) is 0 Å². The Kier molecular flexibility index (Phi) is 4.92.